The fraction of sp³-hybridized carbons (Fsp3) is 0.320. The molecule has 2 atom stereocenters. The summed E-state index contributed by atoms with van der Waals surface area (Å²) < 4.78 is 17.0. The number of benzene rings is 2. The number of carbonyl (C=O) groups excluding carboxylic acids is 1. The third kappa shape index (κ3) is 6.22. The third-order valence-corrected chi connectivity index (χ3v) is 5.88. The van der Waals surface area contributed by atoms with Crippen molar-refractivity contribution in [3.63, 3.8) is 0 Å². The van der Waals surface area contributed by atoms with Crippen LogP contribution in [0.1, 0.15) is 45.6 Å². The molecule has 4 rings (SSSR count). The molecule has 2 aromatic carbocycles. The second-order valence-electron chi connectivity index (χ2n) is 7.98. The molecule has 9 heteroatoms. The normalized spacial score (nSPS) is 17.6. The van der Waals surface area contributed by atoms with Crippen molar-refractivity contribution in [1.29, 1.82) is 0 Å². The number of carboxylic acids is 1. The molecule has 0 spiro atoms. The maximum Gasteiger partial charge on any atom is 0.303 e. The van der Waals surface area contributed by atoms with E-state index in [9.17, 15) is 9.59 Å². The number of aryl methyl sites for hydroxylation is 1. The zero-order chi connectivity index (χ0) is 23.9. The Hall–Kier alpha value is -3.20. The minimum absolute atomic E-state index is 0.0543. The average Bonchev–Trinajstić information content (AvgIpc) is 3.49. The van der Waals surface area contributed by atoms with Gasteiger partial charge >= 0.3 is 5.97 Å². The van der Waals surface area contributed by atoms with Crippen LogP contribution < -0.4 is 5.32 Å². The SMILES string of the molecule is O=C(O)CCc1ccccc1C[C@H]1OCO[C@H]1c1nc(C(=O)NCCc2ccc(Cl)cc2)co1. The van der Waals surface area contributed by atoms with Crippen LogP contribution in [-0.2, 0) is 33.5 Å². The van der Waals surface area contributed by atoms with Gasteiger partial charge in [-0.3, -0.25) is 9.59 Å². The average molecular weight is 485 g/mol. The molecule has 1 aromatic heterocycles. The van der Waals surface area contributed by atoms with Crippen molar-refractivity contribution in [2.45, 2.75) is 37.9 Å². The number of nitrogens with zero attached hydrogens (tertiary/aromatic N) is 1. The van der Waals surface area contributed by atoms with Gasteiger partial charge in [0.2, 0.25) is 5.89 Å². The summed E-state index contributed by atoms with van der Waals surface area (Å²) in [7, 11) is 0. The molecule has 34 heavy (non-hydrogen) atoms. The van der Waals surface area contributed by atoms with Crippen LogP contribution >= 0.6 is 11.6 Å². The Morgan fingerprint density at radius 3 is 2.59 bits per heavy atom. The quantitative estimate of drug-likeness (QED) is 0.447. The van der Waals surface area contributed by atoms with Crippen LogP contribution in [0.5, 0.6) is 0 Å². The number of carbonyl (C=O) groups is 2. The van der Waals surface area contributed by atoms with Gasteiger partial charge in [-0.2, -0.15) is 0 Å². The van der Waals surface area contributed by atoms with Gasteiger partial charge in [0.15, 0.2) is 11.8 Å². The monoisotopic (exact) mass is 484 g/mol. The molecular formula is C25H25ClN2O6. The summed E-state index contributed by atoms with van der Waals surface area (Å²) in [4.78, 5) is 27.8. The Balaban J connectivity index is 1.35. The summed E-state index contributed by atoms with van der Waals surface area (Å²) in [6.07, 6.45) is 2.03. The first kappa shape index (κ1) is 23.9. The lowest BCUT2D eigenvalue weighted by Crippen LogP contribution is -2.26. The number of rotatable bonds is 10. The number of halogens is 1. The number of hydrogen-bond acceptors (Lipinski definition) is 6. The van der Waals surface area contributed by atoms with Gasteiger partial charge in [0.25, 0.3) is 5.91 Å². The van der Waals surface area contributed by atoms with Crippen molar-refractivity contribution in [1.82, 2.24) is 10.3 Å². The number of oxazole rings is 1. The van der Waals surface area contributed by atoms with Gasteiger partial charge in [0.1, 0.15) is 13.1 Å². The topological polar surface area (TPSA) is 111 Å². The molecule has 0 bridgehead atoms. The van der Waals surface area contributed by atoms with Crippen molar-refractivity contribution in [2.75, 3.05) is 13.3 Å². The maximum atomic E-state index is 12.5. The molecule has 0 radical (unpaired) electrons. The Kier molecular flexibility index (Phi) is 7.95. The Morgan fingerprint density at radius 1 is 1.06 bits per heavy atom. The van der Waals surface area contributed by atoms with Gasteiger partial charge < -0.3 is 24.3 Å². The van der Waals surface area contributed by atoms with Crippen LogP contribution in [0, 0.1) is 0 Å². The lowest BCUT2D eigenvalue weighted by atomic mass is 9.96. The molecular weight excluding hydrogens is 460 g/mol. The first-order chi connectivity index (χ1) is 16.5. The van der Waals surface area contributed by atoms with Crippen molar-refractivity contribution < 1.29 is 28.6 Å². The summed E-state index contributed by atoms with van der Waals surface area (Å²) in [6, 6.07) is 15.1. The van der Waals surface area contributed by atoms with E-state index in [1.54, 1.807) is 0 Å². The van der Waals surface area contributed by atoms with Crippen LogP contribution in [0.15, 0.2) is 59.2 Å². The van der Waals surface area contributed by atoms with E-state index in [2.05, 4.69) is 10.3 Å². The zero-order valence-electron chi connectivity index (χ0n) is 18.4. The maximum absolute atomic E-state index is 12.5. The number of amides is 1. The summed E-state index contributed by atoms with van der Waals surface area (Å²) in [5, 5.41) is 12.5. The molecule has 3 aromatic rings. The minimum atomic E-state index is -0.841. The Bertz CT molecular complexity index is 1130. The number of aliphatic carboxylic acids is 1. The molecule has 178 valence electrons. The second kappa shape index (κ2) is 11.3. The van der Waals surface area contributed by atoms with Crippen molar-refractivity contribution >= 4 is 23.5 Å². The van der Waals surface area contributed by atoms with Crippen LogP contribution in [0.4, 0.5) is 0 Å². The first-order valence-electron chi connectivity index (χ1n) is 11.0. The smallest absolute Gasteiger partial charge is 0.303 e. The summed E-state index contributed by atoms with van der Waals surface area (Å²) in [5.41, 5.74) is 3.17. The number of nitrogens with one attached hydrogen (secondary N) is 1. The van der Waals surface area contributed by atoms with Crippen LogP contribution in [-0.4, -0.2) is 41.4 Å². The van der Waals surface area contributed by atoms with E-state index in [-0.39, 0.29) is 36.8 Å². The highest BCUT2D eigenvalue weighted by molar-refractivity contribution is 6.30. The van der Waals surface area contributed by atoms with Crippen molar-refractivity contribution in [3.8, 4) is 0 Å². The molecule has 0 unspecified atom stereocenters. The highest BCUT2D eigenvalue weighted by atomic mass is 35.5. The van der Waals surface area contributed by atoms with Gasteiger partial charge in [-0.25, -0.2) is 4.98 Å². The molecule has 1 fully saturated rings. The number of ether oxygens (including phenoxy) is 2. The zero-order valence-corrected chi connectivity index (χ0v) is 19.2. The second-order valence-corrected chi connectivity index (χ2v) is 8.42. The molecule has 0 saturated carbocycles. The van der Waals surface area contributed by atoms with E-state index in [0.717, 1.165) is 16.7 Å². The van der Waals surface area contributed by atoms with Crippen molar-refractivity contribution in [3.05, 3.63) is 88.1 Å². The molecule has 8 nitrogen and oxygen atoms in total. The van der Waals surface area contributed by atoms with Gasteiger partial charge in [-0.15, -0.1) is 0 Å². The number of aromatic nitrogens is 1. The minimum Gasteiger partial charge on any atom is -0.481 e. The molecule has 2 heterocycles. The highest BCUT2D eigenvalue weighted by Crippen LogP contribution is 2.31. The summed E-state index contributed by atoms with van der Waals surface area (Å²) >= 11 is 5.89. The molecule has 2 N–H and O–H groups in total. The van der Waals surface area contributed by atoms with Crippen LogP contribution in [0.2, 0.25) is 5.02 Å². The van der Waals surface area contributed by atoms with E-state index in [1.807, 2.05) is 48.5 Å². The van der Waals surface area contributed by atoms with Gasteiger partial charge in [-0.05, 0) is 41.7 Å². The standard InChI is InChI=1S/C25H25ClN2O6/c26-19-8-5-16(6-9-19)11-12-27-24(31)20-14-32-25(28-20)23-21(33-15-34-23)13-18-4-2-1-3-17(18)7-10-22(29)30/h1-6,8-9,14,21,23H,7,10-13,15H2,(H,27,31)(H,29,30)/t21-,23-/m1/s1. The Morgan fingerprint density at radius 2 is 1.82 bits per heavy atom. The fourth-order valence-electron chi connectivity index (χ4n) is 3.83. The third-order valence-electron chi connectivity index (χ3n) is 5.63. The largest absolute Gasteiger partial charge is 0.481 e. The Labute approximate surface area is 201 Å². The molecule has 1 aliphatic heterocycles. The lowest BCUT2D eigenvalue weighted by Gasteiger charge is -2.16. The summed E-state index contributed by atoms with van der Waals surface area (Å²) in [5.74, 6) is -0.904. The highest BCUT2D eigenvalue weighted by Gasteiger charge is 2.35. The molecule has 1 saturated heterocycles. The van der Waals surface area contributed by atoms with Gasteiger partial charge in [-0.1, -0.05) is 48.0 Å². The van der Waals surface area contributed by atoms with E-state index >= 15 is 0 Å². The van der Waals surface area contributed by atoms with Crippen molar-refractivity contribution in [2.24, 2.45) is 0 Å². The predicted molar refractivity (Wildman–Crippen MR) is 124 cm³/mol. The van der Waals surface area contributed by atoms with E-state index in [0.29, 0.717) is 30.8 Å². The summed E-state index contributed by atoms with van der Waals surface area (Å²) in [6.45, 7) is 0.527. The molecule has 0 aliphatic carbocycles. The van der Waals surface area contributed by atoms with E-state index in [4.69, 9.17) is 30.6 Å². The number of hydrogen-bond donors (Lipinski definition) is 2. The molecule has 1 amide bonds. The van der Waals surface area contributed by atoms with Gasteiger partial charge in [0, 0.05) is 24.4 Å². The molecule has 1 aliphatic rings. The van der Waals surface area contributed by atoms with Crippen LogP contribution in [0.25, 0.3) is 0 Å². The van der Waals surface area contributed by atoms with E-state index < -0.39 is 12.1 Å². The van der Waals surface area contributed by atoms with Crippen LogP contribution in [0.3, 0.4) is 0 Å². The fourth-order valence-corrected chi connectivity index (χ4v) is 3.96. The number of carboxylic acid groups (broad SMARTS) is 1. The predicted octanol–water partition coefficient (Wildman–Crippen LogP) is 3.97. The first-order valence-corrected chi connectivity index (χ1v) is 11.4. The van der Waals surface area contributed by atoms with Gasteiger partial charge in [0.05, 0.1) is 6.10 Å². The van der Waals surface area contributed by atoms with E-state index in [1.165, 1.54) is 6.26 Å². The lowest BCUT2D eigenvalue weighted by molar-refractivity contribution is -0.136.